The van der Waals surface area contributed by atoms with Crippen LogP contribution < -0.4 is 21.7 Å². The number of aromatic nitrogens is 3. The molecule has 0 radical (unpaired) electrons. The normalized spacial score (nSPS) is 13.9. The molecule has 226 valence electrons. The van der Waals surface area contributed by atoms with Crippen molar-refractivity contribution >= 4 is 47.2 Å². The molecule has 0 aliphatic heterocycles. The van der Waals surface area contributed by atoms with Crippen molar-refractivity contribution in [3.05, 3.63) is 84.1 Å². The molecule has 4 atom stereocenters. The average molecular weight is 608 g/mol. The van der Waals surface area contributed by atoms with Crippen molar-refractivity contribution in [3.63, 3.8) is 0 Å². The number of nitrogens with one attached hydrogen (secondary N) is 5. The van der Waals surface area contributed by atoms with Crippen LogP contribution in [-0.4, -0.2) is 78.8 Å². The van der Waals surface area contributed by atoms with Gasteiger partial charge in [0.15, 0.2) is 0 Å². The Morgan fingerprint density at radius 2 is 1.53 bits per heavy atom. The number of rotatable bonds is 14. The maximum absolute atomic E-state index is 13.4. The Kier molecular flexibility index (Phi) is 10.4. The number of para-hydroxylation sites is 1. The Hall–Kier alpha value is -4.82. The summed E-state index contributed by atoms with van der Waals surface area (Å²) in [6, 6.07) is 8.83. The third-order valence-electron chi connectivity index (χ3n) is 6.87. The third kappa shape index (κ3) is 8.36. The van der Waals surface area contributed by atoms with E-state index in [2.05, 4.69) is 43.5 Å². The molecule has 0 fully saturated rings. The summed E-state index contributed by atoms with van der Waals surface area (Å²) in [5.74, 6) is -3.41. The number of imidazole rings is 1. The lowest BCUT2D eigenvalue weighted by Crippen LogP contribution is -2.58. The number of hydrogen-bond donors (Lipinski definition) is 9. The van der Waals surface area contributed by atoms with Crippen LogP contribution in [0.1, 0.15) is 16.8 Å². The van der Waals surface area contributed by atoms with Gasteiger partial charge in [-0.15, -0.1) is 0 Å². The fourth-order valence-corrected chi connectivity index (χ4v) is 4.80. The number of carboxylic acids is 1. The van der Waals surface area contributed by atoms with Gasteiger partial charge in [0.05, 0.1) is 12.4 Å². The highest BCUT2D eigenvalue weighted by atomic mass is 32.1. The highest BCUT2D eigenvalue weighted by Crippen LogP contribution is 2.19. The van der Waals surface area contributed by atoms with Crippen LogP contribution in [0.15, 0.2) is 67.3 Å². The second kappa shape index (κ2) is 14.4. The minimum Gasteiger partial charge on any atom is -0.508 e. The number of hydrogen-bond acceptors (Lipinski definition) is 8. The number of nitrogens with zero attached hydrogens (tertiary/aromatic N) is 1. The number of carboxylic acid groups (broad SMARTS) is 1. The summed E-state index contributed by atoms with van der Waals surface area (Å²) >= 11 is 4.20. The summed E-state index contributed by atoms with van der Waals surface area (Å²) in [4.78, 5) is 61.4. The number of amides is 3. The molecule has 14 heteroatoms. The molecular formula is C29H33N7O6S. The molecule has 2 aromatic heterocycles. The van der Waals surface area contributed by atoms with Gasteiger partial charge >= 0.3 is 5.97 Å². The maximum Gasteiger partial charge on any atom is 0.326 e. The molecule has 0 aliphatic rings. The van der Waals surface area contributed by atoms with E-state index >= 15 is 0 Å². The molecule has 4 rings (SSSR count). The number of phenolic OH excluding ortho intramolecular Hbond substituents is 1. The molecule has 2 aromatic carbocycles. The van der Waals surface area contributed by atoms with Crippen LogP contribution in [0.3, 0.4) is 0 Å². The van der Waals surface area contributed by atoms with Gasteiger partial charge in [0.25, 0.3) is 0 Å². The van der Waals surface area contributed by atoms with Gasteiger partial charge in [-0.25, -0.2) is 9.78 Å². The Balaban J connectivity index is 1.45. The number of aromatic amines is 2. The molecule has 4 aromatic rings. The molecule has 43 heavy (non-hydrogen) atoms. The molecule has 0 aliphatic carbocycles. The minimum atomic E-state index is -1.28. The van der Waals surface area contributed by atoms with Crippen LogP contribution in [0.25, 0.3) is 10.9 Å². The third-order valence-corrected chi connectivity index (χ3v) is 7.23. The Labute approximate surface area is 252 Å². The van der Waals surface area contributed by atoms with Gasteiger partial charge in [-0.1, -0.05) is 30.3 Å². The SMILES string of the molecule is NC(Cc1cnc[nH]1)C(=O)NC(Cc1ccc(O)cc1)C(=O)NC(CS)C(=O)NC(Cc1c[nH]c2ccccc12)C(=O)O. The number of carbonyl (C=O) groups is 4. The molecule has 0 saturated heterocycles. The zero-order valence-corrected chi connectivity index (χ0v) is 23.9. The lowest BCUT2D eigenvalue weighted by atomic mass is 10.0. The second-order valence-electron chi connectivity index (χ2n) is 10.0. The quantitative estimate of drug-likeness (QED) is 0.0914. The number of H-pyrrole nitrogens is 2. The van der Waals surface area contributed by atoms with Gasteiger partial charge in [0.2, 0.25) is 17.7 Å². The Morgan fingerprint density at radius 1 is 0.860 bits per heavy atom. The predicted molar refractivity (Wildman–Crippen MR) is 161 cm³/mol. The van der Waals surface area contributed by atoms with Crippen LogP contribution in [0.4, 0.5) is 0 Å². The van der Waals surface area contributed by atoms with Crippen molar-refractivity contribution in [2.45, 2.75) is 43.4 Å². The molecular weight excluding hydrogens is 574 g/mol. The first-order chi connectivity index (χ1) is 20.6. The topological polar surface area (TPSA) is 215 Å². The summed E-state index contributed by atoms with van der Waals surface area (Å²) in [6.07, 6.45) is 4.86. The molecule has 0 saturated carbocycles. The van der Waals surface area contributed by atoms with Crippen LogP contribution in [0.5, 0.6) is 5.75 Å². The van der Waals surface area contributed by atoms with Crippen molar-refractivity contribution in [2.75, 3.05) is 5.75 Å². The highest BCUT2D eigenvalue weighted by molar-refractivity contribution is 7.80. The summed E-state index contributed by atoms with van der Waals surface area (Å²) in [6.45, 7) is 0. The maximum atomic E-state index is 13.4. The molecule has 13 nitrogen and oxygen atoms in total. The predicted octanol–water partition coefficient (Wildman–Crippen LogP) is 0.421. The van der Waals surface area contributed by atoms with E-state index in [0.29, 0.717) is 16.8 Å². The summed E-state index contributed by atoms with van der Waals surface area (Å²) in [5.41, 5.74) is 8.86. The van der Waals surface area contributed by atoms with Crippen molar-refractivity contribution in [1.82, 2.24) is 30.9 Å². The van der Waals surface area contributed by atoms with Gasteiger partial charge in [-0.2, -0.15) is 12.6 Å². The van der Waals surface area contributed by atoms with Crippen molar-refractivity contribution < 1.29 is 29.4 Å². The molecule has 0 bridgehead atoms. The molecule has 2 heterocycles. The van der Waals surface area contributed by atoms with Gasteiger partial charge in [-0.3, -0.25) is 14.4 Å². The zero-order chi connectivity index (χ0) is 30.9. The first kappa shape index (κ1) is 31.1. The number of benzene rings is 2. The number of thiol groups is 1. The minimum absolute atomic E-state index is 0.00603. The van der Waals surface area contributed by atoms with E-state index in [1.54, 1.807) is 18.3 Å². The van der Waals surface area contributed by atoms with E-state index in [9.17, 15) is 29.4 Å². The van der Waals surface area contributed by atoms with Crippen molar-refractivity contribution in [1.29, 1.82) is 0 Å². The van der Waals surface area contributed by atoms with Crippen LogP contribution >= 0.6 is 12.6 Å². The molecule has 3 amide bonds. The zero-order valence-electron chi connectivity index (χ0n) is 23.0. The smallest absolute Gasteiger partial charge is 0.326 e. The van der Waals surface area contributed by atoms with Crippen LogP contribution in [0.2, 0.25) is 0 Å². The van der Waals surface area contributed by atoms with Gasteiger partial charge in [0.1, 0.15) is 23.9 Å². The van der Waals surface area contributed by atoms with E-state index in [1.807, 2.05) is 24.3 Å². The van der Waals surface area contributed by atoms with Gasteiger partial charge in [0, 0.05) is 54.0 Å². The number of nitrogens with two attached hydrogens (primary N) is 1. The van der Waals surface area contributed by atoms with Crippen LogP contribution in [-0.2, 0) is 38.4 Å². The summed E-state index contributed by atoms with van der Waals surface area (Å²) in [7, 11) is 0. The standard InChI is InChI=1S/C29H33N7O6S/c30-21(11-18-13-31-15-33-18)26(38)34-23(9-16-5-7-19(37)8-6-16)27(39)36-25(14-43)28(40)35-24(29(41)42)10-17-12-32-22-4-2-1-3-20(17)22/h1-8,12-13,15,21,23-25,32,37,43H,9-11,14,30H2,(H,31,33)(H,34,38)(H,35,40)(H,36,39)(H,41,42). The number of carbonyl (C=O) groups excluding carboxylic acids is 3. The van der Waals surface area contributed by atoms with Crippen LogP contribution in [0, 0.1) is 0 Å². The van der Waals surface area contributed by atoms with Gasteiger partial charge in [-0.05, 0) is 29.3 Å². The van der Waals surface area contributed by atoms with E-state index in [4.69, 9.17) is 5.73 Å². The summed E-state index contributed by atoms with van der Waals surface area (Å²) < 4.78 is 0. The van der Waals surface area contributed by atoms with E-state index < -0.39 is 47.9 Å². The lowest BCUT2D eigenvalue weighted by molar-refractivity contribution is -0.142. The average Bonchev–Trinajstić information content (AvgIpc) is 3.66. The van der Waals surface area contributed by atoms with E-state index in [1.165, 1.54) is 24.7 Å². The van der Waals surface area contributed by atoms with E-state index in [0.717, 1.165) is 10.9 Å². The number of aliphatic carboxylic acids is 1. The highest BCUT2D eigenvalue weighted by Gasteiger charge is 2.30. The lowest BCUT2D eigenvalue weighted by Gasteiger charge is -2.24. The molecule has 0 spiro atoms. The Morgan fingerprint density at radius 3 is 2.21 bits per heavy atom. The molecule has 9 N–H and O–H groups in total. The Bertz CT molecular complexity index is 1560. The monoisotopic (exact) mass is 607 g/mol. The largest absolute Gasteiger partial charge is 0.508 e. The number of aromatic hydroxyl groups is 1. The van der Waals surface area contributed by atoms with E-state index in [-0.39, 0.29) is 30.8 Å². The first-order valence-corrected chi connectivity index (χ1v) is 14.1. The molecule has 4 unspecified atom stereocenters. The van der Waals surface area contributed by atoms with Crippen molar-refractivity contribution in [2.24, 2.45) is 5.73 Å². The van der Waals surface area contributed by atoms with Crippen molar-refractivity contribution in [3.8, 4) is 5.75 Å². The number of phenols is 1. The fraction of sp³-hybridized carbons (Fsp3) is 0.276. The van der Waals surface area contributed by atoms with Gasteiger partial charge < -0.3 is 41.9 Å². The number of fused-ring (bicyclic) bond motifs is 1. The second-order valence-corrected chi connectivity index (χ2v) is 10.4. The summed E-state index contributed by atoms with van der Waals surface area (Å²) in [5, 5.41) is 28.0. The fourth-order valence-electron chi connectivity index (χ4n) is 4.54. The first-order valence-electron chi connectivity index (χ1n) is 13.4.